The van der Waals surface area contributed by atoms with Crippen molar-refractivity contribution in [2.45, 2.75) is 6.92 Å². The first-order chi connectivity index (χ1) is 13.2. The highest BCUT2D eigenvalue weighted by atomic mass is 79.9. The molecule has 0 spiro atoms. The predicted octanol–water partition coefficient (Wildman–Crippen LogP) is 3.79. The maximum absolute atomic E-state index is 12.9. The number of rotatable bonds is 3. The molecule has 4 amide bonds. The van der Waals surface area contributed by atoms with E-state index in [2.05, 4.69) is 21.2 Å². The Kier molecular flexibility index (Phi) is 5.44. The third kappa shape index (κ3) is 3.61. The Morgan fingerprint density at radius 3 is 2.57 bits per heavy atom. The molecule has 2 N–H and O–H groups in total. The molecule has 0 aliphatic carbocycles. The number of amides is 4. The topological polar surface area (TPSA) is 95.9 Å². The smallest absolute Gasteiger partial charge is 0.335 e. The lowest BCUT2D eigenvalue weighted by atomic mass is 10.1. The zero-order valence-electron chi connectivity index (χ0n) is 14.7. The number of urea groups is 1. The fraction of sp³-hybridized carbons (Fsp3) is 0.105. The molecule has 144 valence electrons. The van der Waals surface area contributed by atoms with Gasteiger partial charge in [0.15, 0.2) is 11.5 Å². The van der Waals surface area contributed by atoms with Crippen LogP contribution >= 0.6 is 27.5 Å². The first kappa shape index (κ1) is 19.9. The van der Waals surface area contributed by atoms with Gasteiger partial charge in [0.2, 0.25) is 0 Å². The SMILES string of the molecule is COc1cc(/C=C2/C(=O)NC(=O)N(c3ccc(C)c(Cl)c3)C2=O)c(Br)cc1O. The van der Waals surface area contributed by atoms with E-state index in [1.165, 1.54) is 31.4 Å². The lowest BCUT2D eigenvalue weighted by molar-refractivity contribution is -0.122. The van der Waals surface area contributed by atoms with Gasteiger partial charge in [-0.1, -0.05) is 33.6 Å². The van der Waals surface area contributed by atoms with E-state index in [-0.39, 0.29) is 22.8 Å². The van der Waals surface area contributed by atoms with Crippen LogP contribution in [0.3, 0.4) is 0 Å². The van der Waals surface area contributed by atoms with Crippen LogP contribution in [0.15, 0.2) is 40.4 Å². The summed E-state index contributed by atoms with van der Waals surface area (Å²) in [6.45, 7) is 1.79. The number of aryl methyl sites for hydroxylation is 1. The van der Waals surface area contributed by atoms with Gasteiger partial charge in [-0.3, -0.25) is 14.9 Å². The third-order valence-corrected chi connectivity index (χ3v) is 5.21. The number of aromatic hydroxyl groups is 1. The summed E-state index contributed by atoms with van der Waals surface area (Å²) in [6.07, 6.45) is 1.30. The first-order valence-electron chi connectivity index (χ1n) is 7.97. The summed E-state index contributed by atoms with van der Waals surface area (Å²) < 4.78 is 5.48. The molecule has 28 heavy (non-hydrogen) atoms. The minimum Gasteiger partial charge on any atom is -0.504 e. The van der Waals surface area contributed by atoms with E-state index in [4.69, 9.17) is 16.3 Å². The summed E-state index contributed by atoms with van der Waals surface area (Å²) in [5.41, 5.74) is 1.16. The fourth-order valence-corrected chi connectivity index (χ4v) is 3.22. The molecule has 0 radical (unpaired) electrons. The number of nitrogens with one attached hydrogen (secondary N) is 1. The second kappa shape index (κ2) is 7.65. The molecule has 1 saturated heterocycles. The monoisotopic (exact) mass is 464 g/mol. The normalized spacial score (nSPS) is 15.8. The van der Waals surface area contributed by atoms with Gasteiger partial charge in [-0.15, -0.1) is 0 Å². The van der Waals surface area contributed by atoms with Crippen molar-refractivity contribution < 1.29 is 24.2 Å². The standard InChI is InChI=1S/C19H14BrClN2O5/c1-9-3-4-11(7-14(9)21)23-18(26)12(17(25)22-19(23)27)5-10-6-16(28-2)15(24)8-13(10)20/h3-8,24H,1-2H3,(H,22,25,27)/b12-5-. The molecule has 7 nitrogen and oxygen atoms in total. The molecular formula is C19H14BrClN2O5. The molecule has 0 unspecified atom stereocenters. The Bertz CT molecular complexity index is 1050. The van der Waals surface area contributed by atoms with Crippen molar-refractivity contribution in [2.75, 3.05) is 12.0 Å². The Labute approximate surface area is 173 Å². The van der Waals surface area contributed by atoms with E-state index in [1.54, 1.807) is 19.1 Å². The Hall–Kier alpha value is -2.84. The van der Waals surface area contributed by atoms with Gasteiger partial charge in [-0.25, -0.2) is 9.69 Å². The first-order valence-corrected chi connectivity index (χ1v) is 9.14. The Balaban J connectivity index is 2.07. The van der Waals surface area contributed by atoms with Gasteiger partial charge in [-0.05, 0) is 48.4 Å². The number of imide groups is 2. The molecule has 0 saturated carbocycles. The molecule has 2 aromatic carbocycles. The van der Waals surface area contributed by atoms with Gasteiger partial charge >= 0.3 is 6.03 Å². The van der Waals surface area contributed by atoms with Gasteiger partial charge in [0.25, 0.3) is 11.8 Å². The molecule has 9 heteroatoms. The van der Waals surface area contributed by atoms with Crippen molar-refractivity contribution >= 4 is 57.1 Å². The van der Waals surface area contributed by atoms with E-state index in [9.17, 15) is 19.5 Å². The number of nitrogens with zero attached hydrogens (tertiary/aromatic N) is 1. The number of phenolic OH excluding ortho intramolecular Hbond substituents is 1. The number of ether oxygens (including phenoxy) is 1. The fourth-order valence-electron chi connectivity index (χ4n) is 2.60. The van der Waals surface area contributed by atoms with Crippen LogP contribution in [0.2, 0.25) is 5.02 Å². The summed E-state index contributed by atoms with van der Waals surface area (Å²) in [4.78, 5) is 38.3. The molecule has 0 aromatic heterocycles. The Morgan fingerprint density at radius 2 is 1.93 bits per heavy atom. The van der Waals surface area contributed by atoms with Gasteiger partial charge < -0.3 is 9.84 Å². The van der Waals surface area contributed by atoms with Crippen LogP contribution in [0.5, 0.6) is 11.5 Å². The van der Waals surface area contributed by atoms with E-state index >= 15 is 0 Å². The molecule has 1 fully saturated rings. The molecule has 1 heterocycles. The van der Waals surface area contributed by atoms with E-state index in [0.717, 1.165) is 10.5 Å². The summed E-state index contributed by atoms with van der Waals surface area (Å²) >= 11 is 9.36. The van der Waals surface area contributed by atoms with E-state index in [1.807, 2.05) is 0 Å². The van der Waals surface area contributed by atoms with Crippen molar-refractivity contribution in [3.63, 3.8) is 0 Å². The summed E-state index contributed by atoms with van der Waals surface area (Å²) in [5.74, 6) is -1.57. The lowest BCUT2D eigenvalue weighted by Crippen LogP contribution is -2.54. The van der Waals surface area contributed by atoms with Crippen molar-refractivity contribution in [3.8, 4) is 11.5 Å². The lowest BCUT2D eigenvalue weighted by Gasteiger charge is -2.26. The van der Waals surface area contributed by atoms with Crippen LogP contribution in [-0.4, -0.2) is 30.1 Å². The van der Waals surface area contributed by atoms with E-state index in [0.29, 0.717) is 15.1 Å². The maximum atomic E-state index is 12.9. The van der Waals surface area contributed by atoms with Crippen molar-refractivity contribution in [3.05, 3.63) is 56.5 Å². The average molecular weight is 466 g/mol. The number of hydrogen-bond acceptors (Lipinski definition) is 5. The molecule has 2 aromatic rings. The van der Waals surface area contributed by atoms with Crippen molar-refractivity contribution in [1.29, 1.82) is 0 Å². The van der Waals surface area contributed by atoms with Gasteiger partial charge in [-0.2, -0.15) is 0 Å². The second-order valence-electron chi connectivity index (χ2n) is 5.94. The molecule has 0 atom stereocenters. The number of phenols is 1. The number of methoxy groups -OCH3 is 1. The number of barbiturate groups is 1. The number of anilines is 1. The predicted molar refractivity (Wildman–Crippen MR) is 108 cm³/mol. The summed E-state index contributed by atoms with van der Waals surface area (Å²) in [6, 6.07) is 6.66. The van der Waals surface area contributed by atoms with Crippen molar-refractivity contribution in [1.82, 2.24) is 5.32 Å². The van der Waals surface area contributed by atoms with Crippen LogP contribution in [0.1, 0.15) is 11.1 Å². The zero-order valence-corrected chi connectivity index (χ0v) is 17.1. The highest BCUT2D eigenvalue weighted by molar-refractivity contribution is 9.10. The second-order valence-corrected chi connectivity index (χ2v) is 7.20. The van der Waals surface area contributed by atoms with Gasteiger partial charge in [0.1, 0.15) is 5.57 Å². The minimum absolute atomic E-state index is 0.109. The van der Waals surface area contributed by atoms with Crippen LogP contribution in [0, 0.1) is 6.92 Å². The number of halogens is 2. The van der Waals surface area contributed by atoms with Crippen LogP contribution < -0.4 is 15.0 Å². The quantitative estimate of drug-likeness (QED) is 0.531. The number of carbonyl (C=O) groups is 3. The van der Waals surface area contributed by atoms with Gasteiger partial charge in [0, 0.05) is 9.50 Å². The molecular weight excluding hydrogens is 452 g/mol. The number of benzene rings is 2. The maximum Gasteiger partial charge on any atom is 0.335 e. The molecule has 1 aliphatic heterocycles. The molecule has 1 aliphatic rings. The van der Waals surface area contributed by atoms with Gasteiger partial charge in [0.05, 0.1) is 12.8 Å². The van der Waals surface area contributed by atoms with Crippen molar-refractivity contribution in [2.24, 2.45) is 0 Å². The zero-order chi connectivity index (χ0) is 20.6. The summed E-state index contributed by atoms with van der Waals surface area (Å²) in [5, 5.41) is 12.3. The average Bonchev–Trinajstić information content (AvgIpc) is 2.63. The largest absolute Gasteiger partial charge is 0.504 e. The van der Waals surface area contributed by atoms with Crippen LogP contribution in [-0.2, 0) is 9.59 Å². The minimum atomic E-state index is -0.866. The van der Waals surface area contributed by atoms with Crippen LogP contribution in [0.4, 0.5) is 10.5 Å². The highest BCUT2D eigenvalue weighted by Gasteiger charge is 2.37. The third-order valence-electron chi connectivity index (χ3n) is 4.11. The summed E-state index contributed by atoms with van der Waals surface area (Å²) in [7, 11) is 1.37. The highest BCUT2D eigenvalue weighted by Crippen LogP contribution is 2.34. The number of hydrogen-bond donors (Lipinski definition) is 2. The Morgan fingerprint density at radius 1 is 1.21 bits per heavy atom. The van der Waals surface area contributed by atoms with E-state index < -0.39 is 17.8 Å². The molecule has 3 rings (SSSR count). The number of carbonyl (C=O) groups excluding carboxylic acids is 3. The van der Waals surface area contributed by atoms with Crippen LogP contribution in [0.25, 0.3) is 6.08 Å². The molecule has 0 bridgehead atoms.